The first-order valence-electron chi connectivity index (χ1n) is 6.58. The van der Waals surface area contributed by atoms with Gasteiger partial charge < -0.3 is 9.64 Å². The Bertz CT molecular complexity index is 483. The monoisotopic (exact) mass is 293 g/mol. The summed E-state index contributed by atoms with van der Waals surface area (Å²) >= 11 is 5.36. The van der Waals surface area contributed by atoms with Crippen LogP contribution < -0.4 is 5.43 Å². The summed E-state index contributed by atoms with van der Waals surface area (Å²) in [5.74, 6) is 0.589. The highest BCUT2D eigenvalue weighted by molar-refractivity contribution is 7.80. The quantitative estimate of drug-likeness (QED) is 0.502. The van der Waals surface area contributed by atoms with Crippen LogP contribution in [0.5, 0.6) is 0 Å². The van der Waals surface area contributed by atoms with Crippen molar-refractivity contribution in [3.8, 4) is 0 Å². The molecule has 2 heterocycles. The Labute approximate surface area is 124 Å². The van der Waals surface area contributed by atoms with Gasteiger partial charge in [0.15, 0.2) is 10.9 Å². The average molecular weight is 293 g/mol. The van der Waals surface area contributed by atoms with Crippen LogP contribution in [0.2, 0.25) is 0 Å². The Hall–Kier alpha value is -1.60. The van der Waals surface area contributed by atoms with Crippen LogP contribution in [-0.4, -0.2) is 51.0 Å². The van der Waals surface area contributed by atoms with Gasteiger partial charge in [0.25, 0.3) is 0 Å². The van der Waals surface area contributed by atoms with E-state index in [-0.39, 0.29) is 12.2 Å². The topological polar surface area (TPSA) is 62.6 Å². The number of nitrogens with one attached hydrogen (secondary N) is 1. The van der Waals surface area contributed by atoms with Gasteiger partial charge >= 0.3 is 0 Å². The van der Waals surface area contributed by atoms with Crippen LogP contribution in [-0.2, 0) is 4.74 Å². The highest BCUT2D eigenvalue weighted by Gasteiger charge is 2.23. The van der Waals surface area contributed by atoms with E-state index < -0.39 is 0 Å². The Morgan fingerprint density at radius 1 is 1.35 bits per heavy atom. The van der Waals surface area contributed by atoms with Crippen molar-refractivity contribution in [3.63, 3.8) is 0 Å². The van der Waals surface area contributed by atoms with Crippen LogP contribution in [0.15, 0.2) is 23.6 Å². The molecular formula is C13H19N5OS. The third kappa shape index (κ3) is 3.94. The van der Waals surface area contributed by atoms with E-state index in [0.29, 0.717) is 16.6 Å². The molecule has 1 saturated heterocycles. The minimum Gasteiger partial charge on any atom is -0.372 e. The summed E-state index contributed by atoms with van der Waals surface area (Å²) < 4.78 is 5.68. The largest absolute Gasteiger partial charge is 0.372 e. The van der Waals surface area contributed by atoms with Gasteiger partial charge in [-0.1, -0.05) is 0 Å². The van der Waals surface area contributed by atoms with Gasteiger partial charge in [0, 0.05) is 25.5 Å². The molecule has 1 aliphatic heterocycles. The predicted octanol–water partition coefficient (Wildman–Crippen LogP) is 1.18. The van der Waals surface area contributed by atoms with Crippen LogP contribution in [0.25, 0.3) is 0 Å². The molecule has 7 heteroatoms. The first-order chi connectivity index (χ1) is 9.56. The molecule has 0 unspecified atom stereocenters. The van der Waals surface area contributed by atoms with Crippen molar-refractivity contribution in [1.29, 1.82) is 0 Å². The molecule has 1 aromatic rings. The second-order valence-electron chi connectivity index (χ2n) is 4.85. The van der Waals surface area contributed by atoms with E-state index >= 15 is 0 Å². The fraction of sp³-hybridized carbons (Fsp3) is 0.538. The lowest BCUT2D eigenvalue weighted by Crippen LogP contribution is -2.50. The first kappa shape index (κ1) is 14.8. The van der Waals surface area contributed by atoms with Gasteiger partial charge in [-0.25, -0.2) is 9.97 Å². The average Bonchev–Trinajstić information content (AvgIpc) is 2.44. The second kappa shape index (κ2) is 6.71. The second-order valence-corrected chi connectivity index (χ2v) is 5.24. The Kier molecular flexibility index (Phi) is 4.97. The van der Waals surface area contributed by atoms with Crippen LogP contribution >= 0.6 is 12.2 Å². The predicted molar refractivity (Wildman–Crippen MR) is 81.6 cm³/mol. The lowest BCUT2D eigenvalue weighted by molar-refractivity contribution is -0.0481. The van der Waals surface area contributed by atoms with Crippen LogP contribution in [0.1, 0.15) is 26.6 Å². The highest BCUT2D eigenvalue weighted by Crippen LogP contribution is 2.10. The molecule has 1 N–H and O–H groups in total. The van der Waals surface area contributed by atoms with Crippen molar-refractivity contribution >= 4 is 23.0 Å². The lowest BCUT2D eigenvalue weighted by atomic mass is 10.2. The Morgan fingerprint density at radius 2 is 1.95 bits per heavy atom. The number of thiocarbonyl (C=S) groups is 1. The molecule has 0 saturated carbocycles. The summed E-state index contributed by atoms with van der Waals surface area (Å²) in [6.07, 6.45) is 3.71. The molecule has 108 valence electrons. The third-order valence-corrected chi connectivity index (χ3v) is 3.26. The number of aromatic nitrogens is 2. The zero-order valence-corrected chi connectivity index (χ0v) is 12.7. The van der Waals surface area contributed by atoms with Crippen molar-refractivity contribution in [2.24, 2.45) is 5.10 Å². The van der Waals surface area contributed by atoms with E-state index in [2.05, 4.69) is 25.4 Å². The number of nitrogens with zero attached hydrogens (tertiary/aromatic N) is 4. The summed E-state index contributed by atoms with van der Waals surface area (Å²) in [5, 5.41) is 4.84. The van der Waals surface area contributed by atoms with Gasteiger partial charge in [0.05, 0.1) is 12.2 Å². The molecule has 0 amide bonds. The van der Waals surface area contributed by atoms with E-state index in [1.54, 1.807) is 18.5 Å². The summed E-state index contributed by atoms with van der Waals surface area (Å²) in [6.45, 7) is 7.46. The van der Waals surface area contributed by atoms with E-state index in [4.69, 9.17) is 17.0 Å². The van der Waals surface area contributed by atoms with E-state index in [1.165, 1.54) is 0 Å². The number of hydrogen-bond acceptors (Lipinski definition) is 5. The van der Waals surface area contributed by atoms with Crippen molar-refractivity contribution < 1.29 is 4.74 Å². The van der Waals surface area contributed by atoms with E-state index in [1.807, 2.05) is 20.8 Å². The maximum absolute atomic E-state index is 5.68. The Balaban J connectivity index is 1.94. The van der Waals surface area contributed by atoms with Crippen molar-refractivity contribution in [3.05, 3.63) is 24.3 Å². The fourth-order valence-electron chi connectivity index (χ4n) is 2.08. The zero-order valence-electron chi connectivity index (χ0n) is 11.9. The number of rotatable bonds is 2. The highest BCUT2D eigenvalue weighted by atomic mass is 32.1. The zero-order chi connectivity index (χ0) is 14.5. The van der Waals surface area contributed by atoms with Gasteiger partial charge in [-0.05, 0) is 39.1 Å². The van der Waals surface area contributed by atoms with Gasteiger partial charge in [-0.3, -0.25) is 5.43 Å². The van der Waals surface area contributed by atoms with Gasteiger partial charge in [0.1, 0.15) is 5.71 Å². The van der Waals surface area contributed by atoms with E-state index in [9.17, 15) is 0 Å². The normalized spacial score (nSPS) is 23.6. The molecule has 2 atom stereocenters. The summed E-state index contributed by atoms with van der Waals surface area (Å²) in [5.41, 5.74) is 3.60. The first-order valence-corrected chi connectivity index (χ1v) is 6.99. The molecule has 2 rings (SSSR count). The molecule has 20 heavy (non-hydrogen) atoms. The maximum Gasteiger partial charge on any atom is 0.189 e. The van der Waals surface area contributed by atoms with Crippen LogP contribution in [0.4, 0.5) is 0 Å². The molecule has 0 spiro atoms. The molecular weight excluding hydrogens is 274 g/mol. The number of morpholine rings is 1. The van der Waals surface area contributed by atoms with Crippen molar-refractivity contribution in [1.82, 2.24) is 20.3 Å². The third-order valence-electron chi connectivity index (χ3n) is 2.92. The SMILES string of the molecule is C/C(=N/NC(=S)N1C[C@@H](C)O[C@@H](C)C1)c1ncccn1. The summed E-state index contributed by atoms with van der Waals surface area (Å²) in [6, 6.07) is 1.77. The molecule has 0 bridgehead atoms. The van der Waals surface area contributed by atoms with Gasteiger partial charge in [-0.15, -0.1) is 0 Å². The molecule has 0 aromatic carbocycles. The van der Waals surface area contributed by atoms with Crippen molar-refractivity contribution in [2.45, 2.75) is 33.0 Å². The number of hydrazone groups is 1. The smallest absolute Gasteiger partial charge is 0.189 e. The molecule has 0 radical (unpaired) electrons. The van der Waals surface area contributed by atoms with E-state index in [0.717, 1.165) is 13.1 Å². The van der Waals surface area contributed by atoms with Gasteiger partial charge in [0.2, 0.25) is 0 Å². The van der Waals surface area contributed by atoms with Crippen LogP contribution in [0.3, 0.4) is 0 Å². The molecule has 1 fully saturated rings. The maximum atomic E-state index is 5.68. The van der Waals surface area contributed by atoms with Crippen molar-refractivity contribution in [2.75, 3.05) is 13.1 Å². The van der Waals surface area contributed by atoms with Crippen LogP contribution in [0, 0.1) is 0 Å². The molecule has 1 aliphatic rings. The minimum atomic E-state index is 0.168. The fourth-order valence-corrected chi connectivity index (χ4v) is 2.28. The van der Waals surface area contributed by atoms with Gasteiger partial charge in [-0.2, -0.15) is 5.10 Å². The minimum absolute atomic E-state index is 0.168. The summed E-state index contributed by atoms with van der Waals surface area (Å²) in [4.78, 5) is 10.3. The lowest BCUT2D eigenvalue weighted by Gasteiger charge is -2.36. The number of ether oxygens (including phenoxy) is 1. The molecule has 0 aliphatic carbocycles. The molecule has 1 aromatic heterocycles. The molecule has 6 nitrogen and oxygen atoms in total. The standard InChI is InChI=1S/C13H19N5OS/c1-9-7-18(8-10(2)19-9)13(20)17-16-11(3)12-14-5-4-6-15-12/h4-6,9-10H,7-8H2,1-3H3,(H,17,20)/b16-11-/t9-,10+. The Morgan fingerprint density at radius 3 is 2.55 bits per heavy atom. The number of hydrogen-bond donors (Lipinski definition) is 1. The summed E-state index contributed by atoms with van der Waals surface area (Å²) in [7, 11) is 0.